The first-order valence-corrected chi connectivity index (χ1v) is 13.1. The SMILES string of the molecule is C=C[C@H](O)C(C)(C)[C@@H](O)C[C@H](C)CO[Si](c1ccccc1)(c1ccccc1)C(C)(C)C. The number of hydrogen-bond donors (Lipinski definition) is 2. The van der Waals surface area contributed by atoms with Crippen molar-refractivity contribution in [2.75, 3.05) is 6.61 Å². The minimum Gasteiger partial charge on any atom is -0.407 e. The van der Waals surface area contributed by atoms with Crippen LogP contribution in [0.15, 0.2) is 73.3 Å². The van der Waals surface area contributed by atoms with Crippen LogP contribution in [0.5, 0.6) is 0 Å². The highest BCUT2D eigenvalue weighted by Gasteiger charge is 2.50. The van der Waals surface area contributed by atoms with E-state index < -0.39 is 25.9 Å². The lowest BCUT2D eigenvalue weighted by Crippen LogP contribution is -2.66. The molecule has 2 rings (SSSR count). The molecule has 0 saturated carbocycles. The van der Waals surface area contributed by atoms with Crippen molar-refractivity contribution in [3.05, 3.63) is 73.3 Å². The van der Waals surface area contributed by atoms with Crippen LogP contribution in [-0.4, -0.2) is 37.3 Å². The first kappa shape index (κ1) is 25.5. The monoisotopic (exact) mass is 440 g/mol. The molecule has 0 fully saturated rings. The van der Waals surface area contributed by atoms with Gasteiger partial charge in [0.15, 0.2) is 0 Å². The number of benzene rings is 2. The Labute approximate surface area is 189 Å². The van der Waals surface area contributed by atoms with Crippen molar-refractivity contribution in [3.63, 3.8) is 0 Å². The van der Waals surface area contributed by atoms with E-state index >= 15 is 0 Å². The third kappa shape index (κ3) is 5.56. The Hall–Kier alpha value is -1.72. The van der Waals surface area contributed by atoms with Crippen molar-refractivity contribution >= 4 is 18.7 Å². The number of aliphatic hydroxyl groups is 2. The number of aliphatic hydroxyl groups excluding tert-OH is 2. The minimum atomic E-state index is -2.58. The van der Waals surface area contributed by atoms with E-state index in [1.807, 2.05) is 26.0 Å². The predicted octanol–water partition coefficient (Wildman–Crippen LogP) is 4.52. The maximum absolute atomic E-state index is 10.8. The Morgan fingerprint density at radius 3 is 1.74 bits per heavy atom. The summed E-state index contributed by atoms with van der Waals surface area (Å²) >= 11 is 0. The average molecular weight is 441 g/mol. The van der Waals surface area contributed by atoms with E-state index in [1.54, 1.807) is 0 Å². The van der Waals surface area contributed by atoms with Gasteiger partial charge in [0.05, 0.1) is 12.2 Å². The molecule has 0 aliphatic rings. The minimum absolute atomic E-state index is 0.0770. The smallest absolute Gasteiger partial charge is 0.261 e. The van der Waals surface area contributed by atoms with Crippen LogP contribution in [0.2, 0.25) is 5.04 Å². The van der Waals surface area contributed by atoms with Crippen molar-refractivity contribution in [2.24, 2.45) is 11.3 Å². The molecule has 31 heavy (non-hydrogen) atoms. The van der Waals surface area contributed by atoms with Crippen molar-refractivity contribution in [3.8, 4) is 0 Å². The van der Waals surface area contributed by atoms with Crippen LogP contribution in [0.3, 0.4) is 0 Å². The molecule has 3 atom stereocenters. The van der Waals surface area contributed by atoms with Gasteiger partial charge in [-0.2, -0.15) is 0 Å². The van der Waals surface area contributed by atoms with Crippen molar-refractivity contribution in [2.45, 2.75) is 65.2 Å². The van der Waals surface area contributed by atoms with Crippen LogP contribution in [0.25, 0.3) is 0 Å². The Balaban J connectivity index is 2.34. The first-order valence-electron chi connectivity index (χ1n) is 11.2. The highest BCUT2D eigenvalue weighted by molar-refractivity contribution is 6.99. The summed E-state index contributed by atoms with van der Waals surface area (Å²) in [7, 11) is -2.58. The predicted molar refractivity (Wildman–Crippen MR) is 133 cm³/mol. The van der Waals surface area contributed by atoms with Crippen LogP contribution in [-0.2, 0) is 4.43 Å². The summed E-state index contributed by atoms with van der Waals surface area (Å²) in [5.41, 5.74) is -0.659. The Morgan fingerprint density at radius 2 is 1.35 bits per heavy atom. The van der Waals surface area contributed by atoms with Gasteiger partial charge in [-0.1, -0.05) is 108 Å². The maximum Gasteiger partial charge on any atom is 0.261 e. The van der Waals surface area contributed by atoms with Gasteiger partial charge in [0.1, 0.15) is 0 Å². The zero-order valence-corrected chi connectivity index (χ0v) is 21.0. The van der Waals surface area contributed by atoms with Crippen LogP contribution < -0.4 is 10.4 Å². The second kappa shape index (κ2) is 10.3. The van der Waals surface area contributed by atoms with Gasteiger partial charge in [-0.05, 0) is 27.8 Å². The Kier molecular flexibility index (Phi) is 8.45. The van der Waals surface area contributed by atoms with Gasteiger partial charge >= 0.3 is 0 Å². The lowest BCUT2D eigenvalue weighted by molar-refractivity contribution is -0.0384. The van der Waals surface area contributed by atoms with Crippen molar-refractivity contribution in [1.29, 1.82) is 0 Å². The maximum atomic E-state index is 10.8. The number of hydrogen-bond acceptors (Lipinski definition) is 3. The third-order valence-electron chi connectivity index (χ3n) is 6.47. The van der Waals surface area contributed by atoms with E-state index in [2.05, 4.69) is 82.8 Å². The summed E-state index contributed by atoms with van der Waals surface area (Å²) in [6, 6.07) is 21.2. The molecular weight excluding hydrogens is 400 g/mol. The molecule has 0 spiro atoms. The molecule has 2 N–H and O–H groups in total. The molecule has 0 radical (unpaired) electrons. The summed E-state index contributed by atoms with van der Waals surface area (Å²) in [5, 5.41) is 23.5. The zero-order valence-electron chi connectivity index (χ0n) is 20.0. The molecule has 3 nitrogen and oxygen atoms in total. The van der Waals surface area contributed by atoms with Crippen LogP contribution in [0, 0.1) is 11.3 Å². The highest BCUT2D eigenvalue weighted by Crippen LogP contribution is 2.37. The third-order valence-corrected chi connectivity index (χ3v) is 11.5. The summed E-state index contributed by atoms with van der Waals surface area (Å²) in [6.07, 6.45) is 0.633. The fourth-order valence-corrected chi connectivity index (χ4v) is 8.97. The van der Waals surface area contributed by atoms with E-state index in [9.17, 15) is 10.2 Å². The largest absolute Gasteiger partial charge is 0.407 e. The Morgan fingerprint density at radius 1 is 0.903 bits per heavy atom. The van der Waals surface area contributed by atoms with Gasteiger partial charge in [0, 0.05) is 12.0 Å². The molecular formula is C27H40O3Si. The van der Waals surface area contributed by atoms with Crippen LogP contribution in [0.1, 0.15) is 48.0 Å². The zero-order chi connectivity index (χ0) is 23.3. The van der Waals surface area contributed by atoms with Gasteiger partial charge in [-0.15, -0.1) is 6.58 Å². The quantitative estimate of drug-likeness (QED) is 0.422. The van der Waals surface area contributed by atoms with Gasteiger partial charge < -0.3 is 14.6 Å². The average Bonchev–Trinajstić information content (AvgIpc) is 2.74. The van der Waals surface area contributed by atoms with Gasteiger partial charge in [-0.25, -0.2) is 0 Å². The summed E-state index contributed by atoms with van der Waals surface area (Å²) < 4.78 is 6.97. The van der Waals surface area contributed by atoms with Crippen LogP contribution >= 0.6 is 0 Å². The second-order valence-corrected chi connectivity index (χ2v) is 14.6. The Bertz CT molecular complexity index is 772. The molecule has 0 unspecified atom stereocenters. The van der Waals surface area contributed by atoms with Gasteiger partial charge in [-0.3, -0.25) is 0 Å². The van der Waals surface area contributed by atoms with E-state index in [-0.39, 0.29) is 11.0 Å². The molecule has 2 aromatic rings. The molecule has 0 amide bonds. The second-order valence-electron chi connectivity index (χ2n) is 10.3. The molecule has 0 heterocycles. The standard InChI is InChI=1S/C27H40O3Si/c1-8-24(28)27(6,7)25(29)19-21(2)20-30-31(26(3,4)5,22-15-11-9-12-16-22)23-17-13-10-14-18-23/h8-18,21,24-25,28-29H,1,19-20H2,2-7H3/t21-,24-,25-/m0/s1. The van der Waals surface area contributed by atoms with E-state index in [4.69, 9.17) is 4.43 Å². The van der Waals surface area contributed by atoms with Gasteiger partial charge in [0.25, 0.3) is 8.32 Å². The first-order chi connectivity index (χ1) is 14.5. The lowest BCUT2D eigenvalue weighted by Gasteiger charge is -2.44. The van der Waals surface area contributed by atoms with Crippen LogP contribution in [0.4, 0.5) is 0 Å². The van der Waals surface area contributed by atoms with E-state index in [1.165, 1.54) is 16.4 Å². The lowest BCUT2D eigenvalue weighted by atomic mass is 9.77. The molecule has 4 heteroatoms. The molecule has 0 bridgehead atoms. The molecule has 2 aromatic carbocycles. The normalized spacial score (nSPS) is 15.9. The van der Waals surface area contributed by atoms with E-state index in [0.29, 0.717) is 13.0 Å². The summed E-state index contributed by atoms with van der Waals surface area (Å²) in [6.45, 7) is 16.9. The fraction of sp³-hybridized carbons (Fsp3) is 0.481. The molecule has 0 aromatic heterocycles. The summed E-state index contributed by atoms with van der Waals surface area (Å²) in [4.78, 5) is 0. The highest BCUT2D eigenvalue weighted by atomic mass is 28.4. The molecule has 0 aliphatic heterocycles. The van der Waals surface area contributed by atoms with Crippen molar-refractivity contribution in [1.82, 2.24) is 0 Å². The van der Waals surface area contributed by atoms with Gasteiger partial charge in [0.2, 0.25) is 0 Å². The number of rotatable bonds is 10. The topological polar surface area (TPSA) is 49.7 Å². The molecule has 170 valence electrons. The van der Waals surface area contributed by atoms with E-state index in [0.717, 1.165) is 0 Å². The van der Waals surface area contributed by atoms with Crippen molar-refractivity contribution < 1.29 is 14.6 Å². The molecule has 0 aliphatic carbocycles. The summed E-state index contributed by atoms with van der Waals surface area (Å²) in [5.74, 6) is 0.132. The molecule has 0 saturated heterocycles. The fourth-order valence-electron chi connectivity index (χ4n) is 4.28.